The van der Waals surface area contributed by atoms with Gasteiger partial charge >= 0.3 is 12.1 Å². The van der Waals surface area contributed by atoms with Crippen LogP contribution in [0.5, 0.6) is 5.75 Å². The van der Waals surface area contributed by atoms with E-state index >= 15 is 0 Å². The Labute approximate surface area is 246 Å². The number of halogens is 1. The molecule has 0 saturated heterocycles. The summed E-state index contributed by atoms with van der Waals surface area (Å²) in [6.07, 6.45) is -0.0478. The number of amides is 2. The topological polar surface area (TPSA) is 163 Å². The van der Waals surface area contributed by atoms with Crippen LogP contribution in [0.1, 0.15) is 40.2 Å². The number of carbonyl (C=O) groups excluding carboxylic acids is 5. The number of hydrogen-bond acceptors (Lipinski definition) is 9. The van der Waals surface area contributed by atoms with E-state index in [0.717, 1.165) is 30.7 Å². The molecule has 1 atom stereocenters. The highest BCUT2D eigenvalue weighted by Crippen LogP contribution is 2.20. The summed E-state index contributed by atoms with van der Waals surface area (Å²) in [5, 5.41) is 4.77. The van der Waals surface area contributed by atoms with E-state index in [-0.39, 0.29) is 29.2 Å². The molecule has 2 amide bonds. The number of carbonyl (C=O) groups is 5. The molecule has 3 aromatic rings. The second-order valence-corrected chi connectivity index (χ2v) is 10.5. The van der Waals surface area contributed by atoms with Gasteiger partial charge in [0.25, 0.3) is 5.56 Å². The monoisotopic (exact) mass is 594 g/mol. The van der Waals surface area contributed by atoms with Gasteiger partial charge in [0, 0.05) is 25.8 Å². The molecular weight excluding hydrogens is 563 g/mol. The molecular formula is C30H31FN4O8. The van der Waals surface area contributed by atoms with Gasteiger partial charge in [0.1, 0.15) is 23.7 Å². The fourth-order valence-electron chi connectivity index (χ4n) is 3.94. The average molecular weight is 595 g/mol. The molecule has 2 aromatic carbocycles. The number of esters is 1. The number of aromatic nitrogens is 2. The van der Waals surface area contributed by atoms with Crippen molar-refractivity contribution in [3.05, 3.63) is 76.5 Å². The summed E-state index contributed by atoms with van der Waals surface area (Å²) in [4.78, 5) is 79.1. The first-order valence-electron chi connectivity index (χ1n) is 13.1. The van der Waals surface area contributed by atoms with E-state index in [2.05, 4.69) is 15.6 Å². The number of rotatable bonds is 10. The van der Waals surface area contributed by atoms with Gasteiger partial charge in [-0.3, -0.25) is 33.9 Å². The Morgan fingerprint density at radius 1 is 1.02 bits per heavy atom. The Bertz CT molecular complexity index is 1610. The van der Waals surface area contributed by atoms with Gasteiger partial charge in [0.15, 0.2) is 17.3 Å². The smallest absolute Gasteiger partial charge is 0.412 e. The van der Waals surface area contributed by atoms with Crippen LogP contribution in [0.25, 0.3) is 11.4 Å². The fraction of sp³-hybridized carbons (Fsp3) is 0.300. The van der Waals surface area contributed by atoms with E-state index in [1.54, 1.807) is 51.1 Å². The normalized spacial score (nSPS) is 11.7. The van der Waals surface area contributed by atoms with Crippen LogP contribution >= 0.6 is 0 Å². The van der Waals surface area contributed by atoms with E-state index in [4.69, 9.17) is 9.47 Å². The first-order chi connectivity index (χ1) is 20.1. The van der Waals surface area contributed by atoms with Crippen LogP contribution in [0.4, 0.5) is 14.9 Å². The summed E-state index contributed by atoms with van der Waals surface area (Å²) in [6, 6.07) is 10.6. The van der Waals surface area contributed by atoms with E-state index < -0.39 is 59.1 Å². The van der Waals surface area contributed by atoms with E-state index in [1.165, 1.54) is 12.1 Å². The lowest BCUT2D eigenvalue weighted by Crippen LogP contribution is -2.47. The zero-order chi connectivity index (χ0) is 31.9. The molecule has 0 bridgehead atoms. The Hall–Kier alpha value is -5.20. The molecule has 1 unspecified atom stereocenters. The van der Waals surface area contributed by atoms with Crippen molar-refractivity contribution in [1.82, 2.24) is 14.9 Å². The number of nitrogens with zero attached hydrogens (tertiary/aromatic N) is 2. The highest BCUT2D eigenvalue weighted by atomic mass is 19.1. The maximum atomic E-state index is 14.4. The quantitative estimate of drug-likeness (QED) is 0.204. The number of Topliss-reactive ketones (excluding diaryl/α,β-unsaturated/α-hetero) is 2. The van der Waals surface area contributed by atoms with Crippen molar-refractivity contribution in [3.8, 4) is 17.1 Å². The predicted molar refractivity (Wildman–Crippen MR) is 153 cm³/mol. The van der Waals surface area contributed by atoms with Gasteiger partial charge in [-0.25, -0.2) is 14.2 Å². The molecule has 226 valence electrons. The van der Waals surface area contributed by atoms with Crippen molar-refractivity contribution >= 4 is 35.2 Å². The molecule has 12 nitrogen and oxygen atoms in total. The molecule has 2 N–H and O–H groups in total. The number of ketones is 2. The van der Waals surface area contributed by atoms with E-state index in [0.29, 0.717) is 5.56 Å². The van der Waals surface area contributed by atoms with Crippen molar-refractivity contribution in [2.45, 2.75) is 59.2 Å². The van der Waals surface area contributed by atoms with Crippen molar-refractivity contribution < 1.29 is 37.8 Å². The Morgan fingerprint density at radius 3 is 2.28 bits per heavy atom. The number of nitrogens with one attached hydrogen (secondary N) is 2. The lowest BCUT2D eigenvalue weighted by atomic mass is 10.00. The fourth-order valence-corrected chi connectivity index (χ4v) is 3.94. The average Bonchev–Trinajstić information content (AvgIpc) is 2.91. The summed E-state index contributed by atoms with van der Waals surface area (Å²) in [5.41, 5.74) is -1.19. The molecule has 0 aliphatic rings. The molecule has 0 saturated carbocycles. The van der Waals surface area contributed by atoms with Gasteiger partial charge in [-0.05, 0) is 38.5 Å². The lowest BCUT2D eigenvalue weighted by molar-refractivity contribution is -0.137. The third-order valence-corrected chi connectivity index (χ3v) is 5.70. The Balaban J connectivity index is 1.92. The van der Waals surface area contributed by atoms with Gasteiger partial charge in [-0.15, -0.1) is 0 Å². The van der Waals surface area contributed by atoms with Crippen LogP contribution in [0.15, 0.2) is 59.5 Å². The molecule has 0 aliphatic carbocycles. The van der Waals surface area contributed by atoms with Crippen LogP contribution in [0, 0.1) is 5.82 Å². The van der Waals surface area contributed by atoms with Gasteiger partial charge in [0.05, 0.1) is 12.2 Å². The summed E-state index contributed by atoms with van der Waals surface area (Å²) in [7, 11) is 0. The Morgan fingerprint density at radius 2 is 1.70 bits per heavy atom. The number of anilines is 1. The summed E-state index contributed by atoms with van der Waals surface area (Å²) in [6.45, 7) is 6.42. The molecule has 1 heterocycles. The summed E-state index contributed by atoms with van der Waals surface area (Å²) < 4.78 is 25.4. The third-order valence-electron chi connectivity index (χ3n) is 5.70. The number of benzene rings is 2. The zero-order valence-corrected chi connectivity index (χ0v) is 24.2. The Kier molecular flexibility index (Phi) is 10.3. The molecule has 0 radical (unpaired) electrons. The highest BCUT2D eigenvalue weighted by Gasteiger charge is 2.26. The first kappa shape index (κ1) is 32.3. The highest BCUT2D eigenvalue weighted by molar-refractivity contribution is 6.38. The second kappa shape index (κ2) is 13.6. The molecule has 13 heteroatoms. The predicted octanol–water partition coefficient (Wildman–Crippen LogP) is 3.21. The zero-order valence-electron chi connectivity index (χ0n) is 24.2. The van der Waals surface area contributed by atoms with Crippen LogP contribution in [-0.2, 0) is 36.9 Å². The van der Waals surface area contributed by atoms with E-state index in [1.807, 2.05) is 0 Å². The van der Waals surface area contributed by atoms with Crippen LogP contribution in [0.3, 0.4) is 0 Å². The molecule has 1 aromatic heterocycles. The maximum absolute atomic E-state index is 14.4. The third kappa shape index (κ3) is 9.15. The largest absolute Gasteiger partial charge is 0.444 e. The minimum Gasteiger partial charge on any atom is -0.444 e. The van der Waals surface area contributed by atoms with Crippen LogP contribution in [-0.4, -0.2) is 50.7 Å². The molecule has 0 fully saturated rings. The minimum absolute atomic E-state index is 0.0908. The number of hydrogen-bond donors (Lipinski definition) is 2. The molecule has 3 rings (SSSR count). The summed E-state index contributed by atoms with van der Waals surface area (Å²) in [5.74, 6) is -4.49. The standard InChI is InChI=1S/C30H31FN4O8/c1-17(36)26(39)22(14-19-11-12-24(21(31)13-19)42-18(2)37)33-25(38)16-35-27(20-9-7-6-8-10-20)32-15-23(28(35)40)34-29(41)43-30(3,4)5/h6-13,15,22H,14,16H2,1-5H3,(H,33,38)(H,34,41). The number of ether oxygens (including phenoxy) is 2. The second-order valence-electron chi connectivity index (χ2n) is 10.5. The van der Waals surface area contributed by atoms with Crippen molar-refractivity contribution in [2.75, 3.05) is 5.32 Å². The van der Waals surface area contributed by atoms with Gasteiger partial charge < -0.3 is 14.8 Å². The maximum Gasteiger partial charge on any atom is 0.412 e. The van der Waals surface area contributed by atoms with Gasteiger partial charge in [-0.1, -0.05) is 36.4 Å². The first-order valence-corrected chi connectivity index (χ1v) is 13.1. The van der Waals surface area contributed by atoms with E-state index in [9.17, 15) is 33.2 Å². The molecule has 43 heavy (non-hydrogen) atoms. The minimum atomic E-state index is -1.41. The SMILES string of the molecule is CC(=O)Oc1ccc(CC(NC(=O)Cn2c(-c3ccccc3)ncc(NC(=O)OC(C)(C)C)c2=O)C(=O)C(C)=O)cc1F. The molecule has 0 aliphatic heterocycles. The van der Waals surface area contributed by atoms with Gasteiger partial charge in [0.2, 0.25) is 11.7 Å². The van der Waals surface area contributed by atoms with Gasteiger partial charge in [-0.2, -0.15) is 0 Å². The van der Waals surface area contributed by atoms with Crippen molar-refractivity contribution in [1.29, 1.82) is 0 Å². The summed E-state index contributed by atoms with van der Waals surface area (Å²) >= 11 is 0. The van der Waals surface area contributed by atoms with Crippen molar-refractivity contribution in [2.24, 2.45) is 0 Å². The van der Waals surface area contributed by atoms with Crippen LogP contribution in [0.2, 0.25) is 0 Å². The van der Waals surface area contributed by atoms with Crippen LogP contribution < -0.4 is 20.9 Å². The lowest BCUT2D eigenvalue weighted by Gasteiger charge is -2.20. The molecule has 0 spiro atoms. The van der Waals surface area contributed by atoms with Crippen molar-refractivity contribution in [3.63, 3.8) is 0 Å².